The van der Waals surface area contributed by atoms with E-state index in [-0.39, 0.29) is 29.0 Å². The number of halogens is 1. The van der Waals surface area contributed by atoms with Crippen molar-refractivity contribution in [1.29, 1.82) is 0 Å². The van der Waals surface area contributed by atoms with E-state index in [1.807, 2.05) is 30.8 Å². The van der Waals surface area contributed by atoms with Gasteiger partial charge in [-0.15, -0.1) is 0 Å². The molecule has 0 spiro atoms. The zero-order valence-electron chi connectivity index (χ0n) is 21.2. The van der Waals surface area contributed by atoms with E-state index < -0.39 is 10.2 Å². The quantitative estimate of drug-likeness (QED) is 0.377. The molecule has 37 heavy (non-hydrogen) atoms. The second-order valence-corrected chi connectivity index (χ2v) is 12.6. The fourth-order valence-electron chi connectivity index (χ4n) is 6.23. The summed E-state index contributed by atoms with van der Waals surface area (Å²) in [6.45, 7) is 7.47. The molecule has 192 valence electrons. The van der Waals surface area contributed by atoms with Crippen molar-refractivity contribution in [1.82, 2.24) is 18.8 Å². The van der Waals surface area contributed by atoms with Crippen LogP contribution in [0, 0.1) is 24.6 Å². The number of nitrogens with one attached hydrogen (secondary N) is 1. The van der Waals surface area contributed by atoms with Gasteiger partial charge < -0.3 is 0 Å². The molecule has 1 saturated heterocycles. The van der Waals surface area contributed by atoms with E-state index in [1.165, 1.54) is 23.3 Å². The lowest BCUT2D eigenvalue weighted by Crippen LogP contribution is -2.43. The molecule has 1 aliphatic heterocycles. The standard InChI is InChI=1S/C29H31FN4O2S/c1-19(2)15-32-37(35,36)33-17-26-28(21-7-5-4-6-8-21)29(26,18-33)25-14-22-16-31-34(27(22)13-20(25)3)24-11-9-23(30)10-12-24/h4-14,16,19,26,28,32H,15,17-18H2,1-3H3. The molecule has 0 bridgehead atoms. The minimum atomic E-state index is -3.56. The summed E-state index contributed by atoms with van der Waals surface area (Å²) in [6, 6.07) is 21.0. The van der Waals surface area contributed by atoms with Gasteiger partial charge in [0.2, 0.25) is 0 Å². The molecular formula is C29H31FN4O2S. The predicted molar refractivity (Wildman–Crippen MR) is 143 cm³/mol. The monoisotopic (exact) mass is 518 g/mol. The van der Waals surface area contributed by atoms with Crippen molar-refractivity contribution in [2.24, 2.45) is 11.8 Å². The molecule has 2 heterocycles. The summed E-state index contributed by atoms with van der Waals surface area (Å²) < 4.78 is 46.1. The maximum Gasteiger partial charge on any atom is 0.279 e. The molecule has 0 amide bonds. The maximum atomic E-state index is 13.5. The molecule has 1 aliphatic carbocycles. The molecule has 6 rings (SSSR count). The second kappa shape index (κ2) is 8.75. The van der Waals surface area contributed by atoms with Crippen molar-refractivity contribution in [3.05, 3.63) is 95.4 Å². The fraction of sp³-hybridized carbons (Fsp3) is 0.345. The molecule has 4 aromatic rings. The molecule has 0 radical (unpaired) electrons. The van der Waals surface area contributed by atoms with Crippen LogP contribution in [-0.2, 0) is 15.6 Å². The molecule has 1 saturated carbocycles. The molecule has 3 unspecified atom stereocenters. The van der Waals surface area contributed by atoms with Crippen LogP contribution in [-0.4, -0.2) is 42.1 Å². The summed E-state index contributed by atoms with van der Waals surface area (Å²) in [6.07, 6.45) is 1.83. The normalized spacial score (nSPS) is 23.6. The van der Waals surface area contributed by atoms with Gasteiger partial charge in [0, 0.05) is 36.4 Å². The number of fused-ring (bicyclic) bond motifs is 2. The van der Waals surface area contributed by atoms with E-state index in [4.69, 9.17) is 0 Å². The Bertz CT molecular complexity index is 1570. The minimum absolute atomic E-state index is 0.203. The van der Waals surface area contributed by atoms with E-state index in [0.29, 0.717) is 19.6 Å². The summed E-state index contributed by atoms with van der Waals surface area (Å²) in [4.78, 5) is 0. The van der Waals surface area contributed by atoms with E-state index in [1.54, 1.807) is 16.4 Å². The third-order valence-corrected chi connectivity index (χ3v) is 9.50. The first-order valence-electron chi connectivity index (χ1n) is 12.7. The molecule has 3 atom stereocenters. The highest BCUT2D eigenvalue weighted by Gasteiger charge is 2.71. The van der Waals surface area contributed by atoms with Crippen molar-refractivity contribution in [3.63, 3.8) is 0 Å². The van der Waals surface area contributed by atoms with Gasteiger partial charge in [-0.25, -0.2) is 13.8 Å². The van der Waals surface area contributed by atoms with Gasteiger partial charge in [-0.3, -0.25) is 0 Å². The highest BCUT2D eigenvalue weighted by Crippen LogP contribution is 2.70. The van der Waals surface area contributed by atoms with Crippen molar-refractivity contribution in [2.45, 2.75) is 32.1 Å². The minimum Gasteiger partial charge on any atom is -0.233 e. The Morgan fingerprint density at radius 3 is 2.54 bits per heavy atom. The van der Waals surface area contributed by atoms with E-state index >= 15 is 0 Å². The van der Waals surface area contributed by atoms with Gasteiger partial charge in [0.1, 0.15) is 5.82 Å². The summed E-state index contributed by atoms with van der Waals surface area (Å²) in [7, 11) is -3.56. The maximum absolute atomic E-state index is 13.5. The Kier molecular flexibility index (Phi) is 5.74. The number of piperidine rings is 1. The zero-order chi connectivity index (χ0) is 25.9. The number of aromatic nitrogens is 2. The van der Waals surface area contributed by atoms with Crippen molar-refractivity contribution >= 4 is 21.1 Å². The largest absolute Gasteiger partial charge is 0.279 e. The van der Waals surface area contributed by atoms with Gasteiger partial charge in [-0.1, -0.05) is 44.2 Å². The molecular weight excluding hydrogens is 487 g/mol. The Hall–Kier alpha value is -3.07. The number of benzene rings is 3. The van der Waals surface area contributed by atoms with Gasteiger partial charge in [-0.05, 0) is 71.8 Å². The zero-order valence-corrected chi connectivity index (χ0v) is 22.0. The van der Waals surface area contributed by atoms with E-state index in [2.05, 4.69) is 53.1 Å². The predicted octanol–water partition coefficient (Wildman–Crippen LogP) is 4.93. The average molecular weight is 519 g/mol. The summed E-state index contributed by atoms with van der Waals surface area (Å²) in [5, 5.41) is 5.57. The first-order valence-corrected chi connectivity index (χ1v) is 14.2. The van der Waals surface area contributed by atoms with Gasteiger partial charge in [0.25, 0.3) is 10.2 Å². The van der Waals surface area contributed by atoms with Gasteiger partial charge in [-0.2, -0.15) is 17.8 Å². The number of hydrogen-bond donors (Lipinski definition) is 1. The first-order chi connectivity index (χ1) is 17.7. The molecule has 3 aromatic carbocycles. The van der Waals surface area contributed by atoms with Crippen LogP contribution in [0.15, 0.2) is 72.9 Å². The number of hydrogen-bond acceptors (Lipinski definition) is 3. The highest BCUT2D eigenvalue weighted by molar-refractivity contribution is 7.87. The van der Waals surface area contributed by atoms with Crippen LogP contribution in [0.25, 0.3) is 16.6 Å². The second-order valence-electron chi connectivity index (χ2n) is 10.8. The Labute approximate surface area is 217 Å². The summed E-state index contributed by atoms with van der Waals surface area (Å²) in [5.74, 6) is 0.413. The van der Waals surface area contributed by atoms with Gasteiger partial charge in [0.15, 0.2) is 0 Å². The highest BCUT2D eigenvalue weighted by atomic mass is 32.2. The summed E-state index contributed by atoms with van der Waals surface area (Å²) in [5.41, 5.74) is 4.99. The third-order valence-electron chi connectivity index (χ3n) is 8.01. The van der Waals surface area contributed by atoms with Crippen LogP contribution in [0.2, 0.25) is 0 Å². The third kappa shape index (κ3) is 3.98. The topological polar surface area (TPSA) is 67.2 Å². The van der Waals surface area contributed by atoms with Crippen molar-refractivity contribution in [3.8, 4) is 5.69 Å². The number of aryl methyl sites for hydroxylation is 1. The van der Waals surface area contributed by atoms with Crippen LogP contribution in [0.3, 0.4) is 0 Å². The lowest BCUT2D eigenvalue weighted by Gasteiger charge is -2.26. The molecule has 6 nitrogen and oxygen atoms in total. The van der Waals surface area contributed by atoms with E-state index in [9.17, 15) is 12.8 Å². The van der Waals surface area contributed by atoms with E-state index in [0.717, 1.165) is 22.2 Å². The van der Waals surface area contributed by atoms with Gasteiger partial charge in [0.05, 0.1) is 17.4 Å². The van der Waals surface area contributed by atoms with Crippen LogP contribution in [0.5, 0.6) is 0 Å². The Morgan fingerprint density at radius 1 is 1.11 bits per heavy atom. The van der Waals surface area contributed by atoms with Crippen LogP contribution in [0.4, 0.5) is 4.39 Å². The molecule has 2 fully saturated rings. The summed E-state index contributed by atoms with van der Waals surface area (Å²) >= 11 is 0. The Morgan fingerprint density at radius 2 is 1.84 bits per heavy atom. The SMILES string of the molecule is Cc1cc2c(cnn2-c2ccc(F)cc2)cc1C12CN(S(=O)(=O)NCC(C)C)CC1C2c1ccccc1. The van der Waals surface area contributed by atoms with Crippen LogP contribution < -0.4 is 4.72 Å². The molecule has 8 heteroatoms. The lowest BCUT2D eigenvalue weighted by atomic mass is 9.87. The number of nitrogens with zero attached hydrogens (tertiary/aromatic N) is 3. The fourth-order valence-corrected chi connectivity index (χ4v) is 7.70. The molecule has 1 aromatic heterocycles. The van der Waals surface area contributed by atoms with Crippen LogP contribution in [0.1, 0.15) is 36.5 Å². The molecule has 2 aliphatic rings. The first kappa shape index (κ1) is 24.3. The number of rotatable bonds is 7. The smallest absolute Gasteiger partial charge is 0.233 e. The molecule has 1 N–H and O–H groups in total. The van der Waals surface area contributed by atoms with Crippen LogP contribution >= 0.6 is 0 Å². The average Bonchev–Trinajstić information content (AvgIpc) is 3.15. The lowest BCUT2D eigenvalue weighted by molar-refractivity contribution is 0.410. The van der Waals surface area contributed by atoms with Crippen molar-refractivity contribution in [2.75, 3.05) is 19.6 Å². The van der Waals surface area contributed by atoms with Gasteiger partial charge >= 0.3 is 0 Å². The van der Waals surface area contributed by atoms with Crippen molar-refractivity contribution < 1.29 is 12.8 Å². The Balaban J connectivity index is 1.41.